The van der Waals surface area contributed by atoms with Gasteiger partial charge in [0.05, 0.1) is 17.0 Å². The van der Waals surface area contributed by atoms with Crippen LogP contribution in [0.4, 0.5) is 0 Å². The molecular weight excluding hydrogens is 250 g/mol. The summed E-state index contributed by atoms with van der Waals surface area (Å²) in [6.45, 7) is 5.28. The zero-order valence-corrected chi connectivity index (χ0v) is 11.9. The summed E-state index contributed by atoms with van der Waals surface area (Å²) >= 11 is 0. The first-order valence-corrected chi connectivity index (χ1v) is 7.59. The number of aliphatic hydroxyl groups is 1. The van der Waals surface area contributed by atoms with Gasteiger partial charge in [0.2, 0.25) is 10.0 Å². The van der Waals surface area contributed by atoms with Gasteiger partial charge in [0, 0.05) is 0 Å². The average Bonchev–Trinajstić information content (AvgIpc) is 2.36. The molecule has 4 nitrogen and oxygen atoms in total. The molecule has 1 aromatic carbocycles. The van der Waals surface area contributed by atoms with E-state index in [1.54, 1.807) is 31.2 Å². The minimum Gasteiger partial charge on any atom is -0.394 e. The van der Waals surface area contributed by atoms with Crippen LogP contribution in [-0.2, 0) is 10.0 Å². The van der Waals surface area contributed by atoms with E-state index in [2.05, 4.69) is 4.72 Å². The van der Waals surface area contributed by atoms with E-state index in [-0.39, 0.29) is 11.5 Å². The Hall–Kier alpha value is -0.910. The zero-order chi connectivity index (χ0) is 13.8. The fourth-order valence-electron chi connectivity index (χ4n) is 1.85. The molecule has 0 fully saturated rings. The third-order valence-electron chi connectivity index (χ3n) is 3.39. The van der Waals surface area contributed by atoms with E-state index >= 15 is 0 Å². The van der Waals surface area contributed by atoms with Crippen LogP contribution in [0.3, 0.4) is 0 Å². The first-order chi connectivity index (χ1) is 8.40. The molecule has 0 amide bonds. The highest BCUT2D eigenvalue weighted by Crippen LogP contribution is 2.21. The molecule has 0 aromatic heterocycles. The van der Waals surface area contributed by atoms with Crippen molar-refractivity contribution in [1.29, 1.82) is 0 Å². The van der Waals surface area contributed by atoms with Gasteiger partial charge in [-0.2, -0.15) is 0 Å². The first kappa shape index (κ1) is 15.1. The Morgan fingerprint density at radius 2 is 1.78 bits per heavy atom. The molecule has 102 valence electrons. The number of hydrogen-bond acceptors (Lipinski definition) is 3. The van der Waals surface area contributed by atoms with Gasteiger partial charge in [-0.25, -0.2) is 13.1 Å². The van der Waals surface area contributed by atoms with Crippen molar-refractivity contribution >= 4 is 10.0 Å². The van der Waals surface area contributed by atoms with Crippen molar-refractivity contribution in [3.8, 4) is 0 Å². The van der Waals surface area contributed by atoms with Gasteiger partial charge in [0.15, 0.2) is 0 Å². The lowest BCUT2D eigenvalue weighted by Crippen LogP contribution is -2.50. The van der Waals surface area contributed by atoms with Crippen molar-refractivity contribution in [2.45, 2.75) is 44.0 Å². The molecule has 1 aromatic rings. The van der Waals surface area contributed by atoms with E-state index in [1.807, 2.05) is 13.8 Å². The molecule has 0 bridgehead atoms. The quantitative estimate of drug-likeness (QED) is 0.829. The highest BCUT2D eigenvalue weighted by molar-refractivity contribution is 7.89. The van der Waals surface area contributed by atoms with Gasteiger partial charge in [0.25, 0.3) is 0 Å². The first-order valence-electron chi connectivity index (χ1n) is 6.11. The summed E-state index contributed by atoms with van der Waals surface area (Å²) in [5.74, 6) is 0. The fourth-order valence-corrected chi connectivity index (χ4v) is 3.63. The molecule has 1 rings (SSSR count). The standard InChI is InChI=1S/C13H21NO3S/c1-4-13(5-2,10-15)14-18(16,17)12-9-7-6-8-11(12)3/h6-9,14-15H,4-5,10H2,1-3H3. The second kappa shape index (κ2) is 5.82. The van der Waals surface area contributed by atoms with Crippen LogP contribution >= 0.6 is 0 Å². The van der Waals surface area contributed by atoms with Crippen LogP contribution in [0.5, 0.6) is 0 Å². The van der Waals surface area contributed by atoms with E-state index in [0.29, 0.717) is 18.4 Å². The molecule has 0 saturated heterocycles. The number of benzene rings is 1. The minimum atomic E-state index is -3.59. The molecule has 0 atom stereocenters. The van der Waals surface area contributed by atoms with Crippen LogP contribution in [-0.4, -0.2) is 25.7 Å². The largest absolute Gasteiger partial charge is 0.394 e. The van der Waals surface area contributed by atoms with Crippen LogP contribution < -0.4 is 4.72 Å². The number of hydrogen-bond donors (Lipinski definition) is 2. The predicted molar refractivity (Wildman–Crippen MR) is 71.9 cm³/mol. The number of nitrogens with one attached hydrogen (secondary N) is 1. The van der Waals surface area contributed by atoms with Crippen molar-refractivity contribution < 1.29 is 13.5 Å². The Kier molecular flexibility index (Phi) is 4.90. The summed E-state index contributed by atoms with van der Waals surface area (Å²) in [6, 6.07) is 6.82. The second-order valence-electron chi connectivity index (χ2n) is 4.52. The van der Waals surface area contributed by atoms with Crippen molar-refractivity contribution in [1.82, 2.24) is 4.72 Å². The third-order valence-corrected chi connectivity index (χ3v) is 5.13. The Morgan fingerprint density at radius 3 is 2.22 bits per heavy atom. The number of sulfonamides is 1. The highest BCUT2D eigenvalue weighted by atomic mass is 32.2. The highest BCUT2D eigenvalue weighted by Gasteiger charge is 2.31. The van der Waals surface area contributed by atoms with Gasteiger partial charge >= 0.3 is 0 Å². The molecule has 0 aliphatic rings. The lowest BCUT2D eigenvalue weighted by atomic mass is 9.96. The molecule has 0 saturated carbocycles. The van der Waals surface area contributed by atoms with Crippen LogP contribution in [0, 0.1) is 6.92 Å². The fraction of sp³-hybridized carbons (Fsp3) is 0.538. The summed E-state index contributed by atoms with van der Waals surface area (Å²) in [4.78, 5) is 0.268. The number of aryl methyl sites for hydroxylation is 1. The summed E-state index contributed by atoms with van der Waals surface area (Å²) in [5, 5.41) is 9.43. The van der Waals surface area contributed by atoms with Gasteiger partial charge in [-0.1, -0.05) is 32.0 Å². The van der Waals surface area contributed by atoms with Crippen LogP contribution in [0.25, 0.3) is 0 Å². The minimum absolute atomic E-state index is 0.203. The van der Waals surface area contributed by atoms with Crippen LogP contribution in [0.1, 0.15) is 32.3 Å². The summed E-state index contributed by atoms with van der Waals surface area (Å²) in [5.41, 5.74) is -0.0785. The normalized spacial score (nSPS) is 12.7. The lowest BCUT2D eigenvalue weighted by molar-refractivity contribution is 0.172. The predicted octanol–water partition coefficient (Wildman–Crippen LogP) is 1.82. The van der Waals surface area contributed by atoms with E-state index in [0.717, 1.165) is 0 Å². The molecule has 2 N–H and O–H groups in total. The van der Waals surface area contributed by atoms with Crippen molar-refractivity contribution in [3.05, 3.63) is 29.8 Å². The molecule has 0 spiro atoms. The maximum absolute atomic E-state index is 12.3. The topological polar surface area (TPSA) is 66.4 Å². The maximum Gasteiger partial charge on any atom is 0.241 e. The Morgan fingerprint density at radius 1 is 1.22 bits per heavy atom. The van der Waals surface area contributed by atoms with Crippen molar-refractivity contribution in [2.24, 2.45) is 0 Å². The average molecular weight is 271 g/mol. The zero-order valence-electron chi connectivity index (χ0n) is 11.1. The van der Waals surface area contributed by atoms with Gasteiger partial charge in [-0.15, -0.1) is 0 Å². The van der Waals surface area contributed by atoms with Crippen LogP contribution in [0.15, 0.2) is 29.2 Å². The van der Waals surface area contributed by atoms with E-state index < -0.39 is 15.6 Å². The molecule has 0 heterocycles. The molecular formula is C13H21NO3S. The Labute approximate surface area is 109 Å². The van der Waals surface area contributed by atoms with Crippen molar-refractivity contribution in [2.75, 3.05) is 6.61 Å². The Bertz CT molecular complexity index is 484. The number of rotatable bonds is 6. The summed E-state index contributed by atoms with van der Waals surface area (Å²) in [6.07, 6.45) is 1.09. The van der Waals surface area contributed by atoms with Gasteiger partial charge < -0.3 is 5.11 Å². The van der Waals surface area contributed by atoms with E-state index in [4.69, 9.17) is 0 Å². The van der Waals surface area contributed by atoms with Gasteiger partial charge in [-0.3, -0.25) is 0 Å². The van der Waals surface area contributed by atoms with E-state index in [9.17, 15) is 13.5 Å². The number of aliphatic hydroxyl groups excluding tert-OH is 1. The monoisotopic (exact) mass is 271 g/mol. The molecule has 18 heavy (non-hydrogen) atoms. The third kappa shape index (κ3) is 3.10. The Balaban J connectivity index is 3.13. The summed E-state index contributed by atoms with van der Waals surface area (Å²) in [7, 11) is -3.59. The van der Waals surface area contributed by atoms with Gasteiger partial charge in [-0.05, 0) is 31.4 Å². The molecule has 5 heteroatoms. The molecule has 0 aliphatic heterocycles. The van der Waals surface area contributed by atoms with Gasteiger partial charge in [0.1, 0.15) is 0 Å². The summed E-state index contributed by atoms with van der Waals surface area (Å²) < 4.78 is 27.3. The lowest BCUT2D eigenvalue weighted by Gasteiger charge is -2.30. The van der Waals surface area contributed by atoms with Crippen LogP contribution in [0.2, 0.25) is 0 Å². The molecule has 0 radical (unpaired) electrons. The molecule has 0 aliphatic carbocycles. The maximum atomic E-state index is 12.3. The molecule has 0 unspecified atom stereocenters. The SMILES string of the molecule is CCC(CC)(CO)NS(=O)(=O)c1ccccc1C. The van der Waals surface area contributed by atoms with E-state index in [1.165, 1.54) is 0 Å². The smallest absolute Gasteiger partial charge is 0.241 e. The second-order valence-corrected chi connectivity index (χ2v) is 6.17. The van der Waals surface area contributed by atoms with Crippen molar-refractivity contribution in [3.63, 3.8) is 0 Å².